The van der Waals surface area contributed by atoms with Crippen molar-refractivity contribution in [2.75, 3.05) is 25.1 Å². The van der Waals surface area contributed by atoms with Gasteiger partial charge in [0.05, 0.1) is 19.8 Å². The van der Waals surface area contributed by atoms with E-state index in [-0.39, 0.29) is 5.28 Å². The van der Waals surface area contributed by atoms with Crippen molar-refractivity contribution in [1.82, 2.24) is 24.7 Å². The maximum atomic E-state index is 6.17. The first-order valence-corrected chi connectivity index (χ1v) is 9.37. The molecule has 0 saturated heterocycles. The second-order valence-corrected chi connectivity index (χ2v) is 6.14. The first-order valence-electron chi connectivity index (χ1n) is 8.99. The molecule has 0 aromatic carbocycles. The molecule has 1 N–H and O–H groups in total. The summed E-state index contributed by atoms with van der Waals surface area (Å²) in [6, 6.07) is 5.60. The van der Waals surface area contributed by atoms with Gasteiger partial charge in [0, 0.05) is 19.4 Å². The number of nitrogens with zero attached hydrogens (tertiary/aromatic N) is 5. The lowest BCUT2D eigenvalue weighted by Gasteiger charge is -2.09. The molecular formula is C18H23ClN6O2. The minimum atomic E-state index is 0.139. The number of fused-ring (bicyclic) bond motifs is 1. The van der Waals surface area contributed by atoms with E-state index in [1.807, 2.05) is 29.8 Å². The van der Waals surface area contributed by atoms with E-state index in [0.29, 0.717) is 50.1 Å². The second kappa shape index (κ2) is 9.59. The molecular weight excluding hydrogens is 368 g/mol. The third kappa shape index (κ3) is 4.91. The van der Waals surface area contributed by atoms with Crippen LogP contribution in [0.3, 0.4) is 0 Å². The highest BCUT2D eigenvalue weighted by Gasteiger charge is 2.19. The first kappa shape index (κ1) is 19.5. The zero-order valence-corrected chi connectivity index (χ0v) is 16.2. The van der Waals surface area contributed by atoms with Crippen LogP contribution in [0.4, 0.5) is 11.6 Å². The fraction of sp³-hybridized carbons (Fsp3) is 0.444. The minimum Gasteiger partial charge on any atom is -0.380 e. The highest BCUT2D eigenvalue weighted by atomic mass is 35.5. The monoisotopic (exact) mass is 390 g/mol. The fourth-order valence-electron chi connectivity index (χ4n) is 2.62. The number of anilines is 2. The summed E-state index contributed by atoms with van der Waals surface area (Å²) in [6.45, 7) is 6.79. The fourth-order valence-corrected chi connectivity index (χ4v) is 2.79. The van der Waals surface area contributed by atoms with Crippen LogP contribution in [-0.4, -0.2) is 44.6 Å². The Labute approximate surface area is 162 Å². The summed E-state index contributed by atoms with van der Waals surface area (Å²) in [5, 5.41) is 8.01. The van der Waals surface area contributed by atoms with Crippen molar-refractivity contribution in [2.24, 2.45) is 0 Å². The Hall–Kier alpha value is -2.29. The highest BCUT2D eigenvalue weighted by Crippen LogP contribution is 2.27. The topological polar surface area (TPSA) is 87.0 Å². The second-order valence-electron chi connectivity index (χ2n) is 5.80. The maximum absolute atomic E-state index is 6.17. The van der Waals surface area contributed by atoms with Gasteiger partial charge in [0.25, 0.3) is 0 Å². The Kier molecular flexibility index (Phi) is 6.92. The highest BCUT2D eigenvalue weighted by molar-refractivity contribution is 6.28. The molecule has 0 fully saturated rings. The van der Waals surface area contributed by atoms with Crippen LogP contribution in [0.5, 0.6) is 0 Å². The largest absolute Gasteiger partial charge is 0.380 e. The number of halogens is 1. The number of rotatable bonds is 10. The molecule has 3 rings (SSSR count). The van der Waals surface area contributed by atoms with E-state index in [4.69, 9.17) is 21.1 Å². The van der Waals surface area contributed by atoms with E-state index in [1.165, 1.54) is 0 Å². The molecule has 0 radical (unpaired) electrons. The van der Waals surface area contributed by atoms with Gasteiger partial charge in [-0.2, -0.15) is 10.1 Å². The maximum Gasteiger partial charge on any atom is 0.225 e. The SMILES string of the molecule is CCCOCCn1nc(COCC)c2nc(Cl)nc(Nc3ccccn3)c21. The lowest BCUT2D eigenvalue weighted by Crippen LogP contribution is -2.10. The summed E-state index contributed by atoms with van der Waals surface area (Å²) in [5.41, 5.74) is 2.13. The third-order valence-corrected chi connectivity index (χ3v) is 3.95. The molecule has 9 heteroatoms. The van der Waals surface area contributed by atoms with Crippen LogP contribution in [0, 0.1) is 0 Å². The van der Waals surface area contributed by atoms with Crippen molar-refractivity contribution in [3.05, 3.63) is 35.4 Å². The Balaban J connectivity index is 2.00. The molecule has 0 unspecified atom stereocenters. The van der Waals surface area contributed by atoms with Crippen molar-refractivity contribution in [3.63, 3.8) is 0 Å². The predicted molar refractivity (Wildman–Crippen MR) is 104 cm³/mol. The third-order valence-electron chi connectivity index (χ3n) is 3.78. The number of pyridine rings is 1. The standard InChI is InChI=1S/C18H23ClN6O2/c1-3-10-27-11-9-25-16-15(13(24-25)12-26-4-2)22-18(19)23-17(16)21-14-7-5-6-8-20-14/h5-8H,3-4,9-12H2,1-2H3,(H,20,21,22,23). The summed E-state index contributed by atoms with van der Waals surface area (Å²) in [4.78, 5) is 13.0. The molecule has 0 saturated carbocycles. The lowest BCUT2D eigenvalue weighted by atomic mass is 10.3. The number of ether oxygens (including phenoxy) is 2. The molecule has 8 nitrogen and oxygen atoms in total. The molecule has 3 aromatic heterocycles. The molecule has 0 atom stereocenters. The van der Waals surface area contributed by atoms with Gasteiger partial charge in [0.2, 0.25) is 5.28 Å². The molecule has 0 bridgehead atoms. The normalized spacial score (nSPS) is 11.2. The van der Waals surface area contributed by atoms with Gasteiger partial charge in [-0.3, -0.25) is 4.68 Å². The van der Waals surface area contributed by atoms with E-state index >= 15 is 0 Å². The van der Waals surface area contributed by atoms with Gasteiger partial charge in [-0.1, -0.05) is 13.0 Å². The predicted octanol–water partition coefficient (Wildman–Crippen LogP) is 3.58. The summed E-state index contributed by atoms with van der Waals surface area (Å²) >= 11 is 6.17. The lowest BCUT2D eigenvalue weighted by molar-refractivity contribution is 0.122. The van der Waals surface area contributed by atoms with E-state index < -0.39 is 0 Å². The molecule has 144 valence electrons. The number of hydrogen-bond donors (Lipinski definition) is 1. The Morgan fingerprint density at radius 1 is 1.15 bits per heavy atom. The molecule has 0 aliphatic heterocycles. The quantitative estimate of drug-likeness (QED) is 0.418. The summed E-state index contributed by atoms with van der Waals surface area (Å²) in [5.74, 6) is 1.21. The molecule has 0 spiro atoms. The molecule has 0 amide bonds. The van der Waals surface area contributed by atoms with Gasteiger partial charge in [0.1, 0.15) is 22.5 Å². The molecule has 0 aliphatic carbocycles. The number of hydrogen-bond acceptors (Lipinski definition) is 7. The van der Waals surface area contributed by atoms with Crippen LogP contribution < -0.4 is 5.32 Å². The van der Waals surface area contributed by atoms with Crippen LogP contribution in [0.25, 0.3) is 11.0 Å². The van der Waals surface area contributed by atoms with Crippen LogP contribution in [0.15, 0.2) is 24.4 Å². The van der Waals surface area contributed by atoms with Crippen LogP contribution in [0.2, 0.25) is 5.28 Å². The van der Waals surface area contributed by atoms with Gasteiger partial charge < -0.3 is 14.8 Å². The number of nitrogens with one attached hydrogen (secondary N) is 1. The van der Waals surface area contributed by atoms with Crippen LogP contribution >= 0.6 is 11.6 Å². The molecule has 27 heavy (non-hydrogen) atoms. The zero-order chi connectivity index (χ0) is 19.1. The van der Waals surface area contributed by atoms with Gasteiger partial charge in [-0.15, -0.1) is 0 Å². The van der Waals surface area contributed by atoms with Crippen molar-refractivity contribution >= 4 is 34.3 Å². The molecule has 3 aromatic rings. The van der Waals surface area contributed by atoms with Crippen LogP contribution in [-0.2, 0) is 22.6 Å². The van der Waals surface area contributed by atoms with Crippen LogP contribution in [0.1, 0.15) is 26.0 Å². The van der Waals surface area contributed by atoms with Crippen molar-refractivity contribution in [1.29, 1.82) is 0 Å². The number of aromatic nitrogens is 5. The minimum absolute atomic E-state index is 0.139. The van der Waals surface area contributed by atoms with Crippen molar-refractivity contribution in [3.8, 4) is 0 Å². The van der Waals surface area contributed by atoms with Gasteiger partial charge in [0.15, 0.2) is 5.82 Å². The molecule has 0 aliphatic rings. The summed E-state index contributed by atoms with van der Waals surface area (Å²) in [6.07, 6.45) is 2.68. The summed E-state index contributed by atoms with van der Waals surface area (Å²) < 4.78 is 13.0. The van der Waals surface area contributed by atoms with Crippen molar-refractivity contribution < 1.29 is 9.47 Å². The van der Waals surface area contributed by atoms with E-state index in [9.17, 15) is 0 Å². The van der Waals surface area contributed by atoms with E-state index in [1.54, 1.807) is 6.20 Å². The summed E-state index contributed by atoms with van der Waals surface area (Å²) in [7, 11) is 0. The Morgan fingerprint density at radius 2 is 2.04 bits per heavy atom. The van der Waals surface area contributed by atoms with E-state index in [2.05, 4.69) is 32.3 Å². The smallest absolute Gasteiger partial charge is 0.225 e. The zero-order valence-electron chi connectivity index (χ0n) is 15.5. The van der Waals surface area contributed by atoms with Crippen molar-refractivity contribution in [2.45, 2.75) is 33.4 Å². The van der Waals surface area contributed by atoms with Gasteiger partial charge in [-0.05, 0) is 37.1 Å². The first-order chi connectivity index (χ1) is 13.2. The average Bonchev–Trinajstić information content (AvgIpc) is 3.02. The van der Waals surface area contributed by atoms with Gasteiger partial charge >= 0.3 is 0 Å². The average molecular weight is 391 g/mol. The van der Waals surface area contributed by atoms with Gasteiger partial charge in [-0.25, -0.2) is 9.97 Å². The molecule has 3 heterocycles. The Morgan fingerprint density at radius 3 is 2.78 bits per heavy atom. The van der Waals surface area contributed by atoms with E-state index in [0.717, 1.165) is 17.6 Å². The Bertz CT molecular complexity index is 871.